The third-order valence-corrected chi connectivity index (χ3v) is 3.68. The van der Waals surface area contributed by atoms with E-state index in [4.69, 9.17) is 17.3 Å². The van der Waals surface area contributed by atoms with Crippen LogP contribution in [0.2, 0.25) is 5.02 Å². The maximum Gasteiger partial charge on any atom is 0.416 e. The van der Waals surface area contributed by atoms with Gasteiger partial charge in [-0.2, -0.15) is 13.2 Å². The van der Waals surface area contributed by atoms with E-state index in [-0.39, 0.29) is 16.5 Å². The average Bonchev–Trinajstić information content (AvgIpc) is 2.12. The molecule has 1 aromatic carbocycles. The topological polar surface area (TPSA) is 26.0 Å². The Morgan fingerprint density at radius 2 is 1.94 bits per heavy atom. The minimum Gasteiger partial charge on any atom is -0.324 e. The Morgan fingerprint density at radius 1 is 1.29 bits per heavy atom. The third kappa shape index (κ3) is 2.43. The highest BCUT2D eigenvalue weighted by atomic mass is 35.5. The van der Waals surface area contributed by atoms with Gasteiger partial charge in [0.2, 0.25) is 0 Å². The van der Waals surface area contributed by atoms with Crippen molar-refractivity contribution in [2.24, 2.45) is 11.7 Å². The Labute approximate surface area is 103 Å². The number of benzene rings is 1. The van der Waals surface area contributed by atoms with Crippen LogP contribution in [0.5, 0.6) is 0 Å². The summed E-state index contributed by atoms with van der Waals surface area (Å²) in [5.41, 5.74) is 5.26. The molecule has 1 saturated carbocycles. The lowest BCUT2D eigenvalue weighted by molar-refractivity contribution is -0.138. The molecule has 2 N–H and O–H groups in total. The van der Waals surface area contributed by atoms with Gasteiger partial charge in [-0.3, -0.25) is 0 Å². The number of nitrogens with two attached hydrogens (primary N) is 1. The molecule has 17 heavy (non-hydrogen) atoms. The molecule has 0 aliphatic heterocycles. The van der Waals surface area contributed by atoms with Crippen LogP contribution in [0.4, 0.5) is 13.2 Å². The standard InChI is InChI=1S/C12H13ClF3N/c13-9-6-2-5-8(12(14,15)16)10(9)11(17)7-3-1-4-7/h2,5-7,11H,1,3-4,17H2/t11-/m1/s1. The molecule has 1 atom stereocenters. The van der Waals surface area contributed by atoms with Crippen LogP contribution in [0.25, 0.3) is 0 Å². The van der Waals surface area contributed by atoms with E-state index >= 15 is 0 Å². The van der Waals surface area contributed by atoms with E-state index in [9.17, 15) is 13.2 Å². The predicted molar refractivity (Wildman–Crippen MR) is 60.7 cm³/mol. The lowest BCUT2D eigenvalue weighted by Gasteiger charge is -2.33. The van der Waals surface area contributed by atoms with Crippen LogP contribution in [0.1, 0.15) is 36.4 Å². The van der Waals surface area contributed by atoms with Crippen molar-refractivity contribution in [1.29, 1.82) is 0 Å². The maximum atomic E-state index is 12.9. The summed E-state index contributed by atoms with van der Waals surface area (Å²) in [6.45, 7) is 0. The fourth-order valence-electron chi connectivity index (χ4n) is 2.16. The number of alkyl halides is 3. The molecule has 0 aromatic heterocycles. The zero-order chi connectivity index (χ0) is 12.6. The number of hydrogen-bond donors (Lipinski definition) is 1. The van der Waals surface area contributed by atoms with E-state index in [1.54, 1.807) is 0 Å². The molecule has 1 aliphatic rings. The van der Waals surface area contributed by atoms with Gasteiger partial charge in [0.1, 0.15) is 0 Å². The smallest absolute Gasteiger partial charge is 0.324 e. The fraction of sp³-hybridized carbons (Fsp3) is 0.500. The largest absolute Gasteiger partial charge is 0.416 e. The predicted octanol–water partition coefficient (Wildman–Crippen LogP) is 4.16. The van der Waals surface area contributed by atoms with Gasteiger partial charge >= 0.3 is 6.18 Å². The second-order valence-electron chi connectivity index (χ2n) is 4.42. The Kier molecular flexibility index (Phi) is 3.36. The third-order valence-electron chi connectivity index (χ3n) is 3.35. The van der Waals surface area contributed by atoms with Gasteiger partial charge < -0.3 is 5.73 Å². The first-order chi connectivity index (χ1) is 7.91. The Morgan fingerprint density at radius 3 is 2.41 bits per heavy atom. The first kappa shape index (κ1) is 12.7. The zero-order valence-corrected chi connectivity index (χ0v) is 9.85. The lowest BCUT2D eigenvalue weighted by atomic mass is 9.76. The van der Waals surface area contributed by atoms with E-state index in [1.807, 2.05) is 0 Å². The van der Waals surface area contributed by atoms with Crippen LogP contribution in [-0.4, -0.2) is 0 Å². The fourth-order valence-corrected chi connectivity index (χ4v) is 2.46. The van der Waals surface area contributed by atoms with Gasteiger partial charge in [-0.05, 0) is 36.5 Å². The van der Waals surface area contributed by atoms with Crippen molar-refractivity contribution in [3.05, 3.63) is 34.3 Å². The van der Waals surface area contributed by atoms with Gasteiger partial charge in [0.15, 0.2) is 0 Å². The van der Waals surface area contributed by atoms with Crippen molar-refractivity contribution in [2.45, 2.75) is 31.5 Å². The molecule has 0 saturated heterocycles. The highest BCUT2D eigenvalue weighted by molar-refractivity contribution is 6.31. The minimum absolute atomic E-state index is 0.0476. The van der Waals surface area contributed by atoms with E-state index in [0.717, 1.165) is 25.3 Å². The molecule has 0 unspecified atom stereocenters. The molecule has 1 nitrogen and oxygen atoms in total. The molecule has 5 heteroatoms. The molecule has 1 aliphatic carbocycles. The van der Waals surface area contributed by atoms with Gasteiger partial charge in [-0.25, -0.2) is 0 Å². The molecular formula is C12H13ClF3N. The van der Waals surface area contributed by atoms with E-state index in [1.165, 1.54) is 12.1 Å². The molecule has 2 rings (SSSR count). The Bertz CT molecular complexity index is 413. The molecule has 0 radical (unpaired) electrons. The Balaban J connectivity index is 2.43. The highest BCUT2D eigenvalue weighted by Crippen LogP contribution is 2.43. The molecule has 0 heterocycles. The van der Waals surface area contributed by atoms with Gasteiger partial charge in [-0.15, -0.1) is 0 Å². The minimum atomic E-state index is -4.40. The summed E-state index contributed by atoms with van der Waals surface area (Å²) in [4.78, 5) is 0. The summed E-state index contributed by atoms with van der Waals surface area (Å²) in [5, 5.41) is 0.110. The van der Waals surface area contributed by atoms with Crippen LogP contribution in [-0.2, 0) is 6.18 Å². The molecule has 1 aromatic rings. The second-order valence-corrected chi connectivity index (χ2v) is 4.82. The Hall–Kier alpha value is -0.740. The summed E-state index contributed by atoms with van der Waals surface area (Å²) in [5.74, 6) is 0.121. The van der Waals surface area contributed by atoms with E-state index < -0.39 is 17.8 Å². The number of halogens is 4. The lowest BCUT2D eigenvalue weighted by Crippen LogP contribution is -2.29. The van der Waals surface area contributed by atoms with E-state index in [2.05, 4.69) is 0 Å². The van der Waals surface area contributed by atoms with Crippen molar-refractivity contribution >= 4 is 11.6 Å². The molecule has 1 fully saturated rings. The molecule has 0 bridgehead atoms. The van der Waals surface area contributed by atoms with E-state index in [0.29, 0.717) is 0 Å². The first-order valence-corrected chi connectivity index (χ1v) is 5.90. The highest BCUT2D eigenvalue weighted by Gasteiger charge is 2.38. The van der Waals surface area contributed by atoms with Crippen LogP contribution in [0, 0.1) is 5.92 Å². The zero-order valence-electron chi connectivity index (χ0n) is 9.10. The molecule has 94 valence electrons. The van der Waals surface area contributed by atoms with Gasteiger partial charge in [0, 0.05) is 11.1 Å². The van der Waals surface area contributed by atoms with Crippen LogP contribution >= 0.6 is 11.6 Å². The van der Waals surface area contributed by atoms with Crippen molar-refractivity contribution in [2.75, 3.05) is 0 Å². The van der Waals surface area contributed by atoms with Gasteiger partial charge in [0.05, 0.1) is 5.56 Å². The normalized spacial score (nSPS) is 18.9. The number of rotatable bonds is 2. The van der Waals surface area contributed by atoms with Gasteiger partial charge in [-0.1, -0.05) is 24.1 Å². The second kappa shape index (κ2) is 4.50. The molecular weight excluding hydrogens is 251 g/mol. The molecule has 0 amide bonds. The summed E-state index contributed by atoms with van der Waals surface area (Å²) >= 11 is 5.88. The van der Waals surface area contributed by atoms with Crippen molar-refractivity contribution in [3.8, 4) is 0 Å². The van der Waals surface area contributed by atoms with Crippen LogP contribution < -0.4 is 5.73 Å². The first-order valence-electron chi connectivity index (χ1n) is 5.52. The van der Waals surface area contributed by atoms with Crippen LogP contribution in [0.3, 0.4) is 0 Å². The van der Waals surface area contributed by atoms with Crippen molar-refractivity contribution in [1.82, 2.24) is 0 Å². The van der Waals surface area contributed by atoms with Gasteiger partial charge in [0.25, 0.3) is 0 Å². The number of hydrogen-bond acceptors (Lipinski definition) is 1. The maximum absolute atomic E-state index is 12.9. The van der Waals surface area contributed by atoms with Crippen LogP contribution in [0.15, 0.2) is 18.2 Å². The summed E-state index contributed by atoms with van der Waals surface area (Å²) in [7, 11) is 0. The molecule has 0 spiro atoms. The quantitative estimate of drug-likeness (QED) is 0.852. The SMILES string of the molecule is N[C@@H](c1c(Cl)cccc1C(F)(F)F)C1CCC1. The van der Waals surface area contributed by atoms with Crippen molar-refractivity contribution < 1.29 is 13.2 Å². The van der Waals surface area contributed by atoms with Crippen molar-refractivity contribution in [3.63, 3.8) is 0 Å². The summed E-state index contributed by atoms with van der Waals surface area (Å²) in [6.07, 6.45) is -1.61. The summed E-state index contributed by atoms with van der Waals surface area (Å²) in [6, 6.07) is 3.20. The monoisotopic (exact) mass is 263 g/mol. The summed E-state index contributed by atoms with van der Waals surface area (Å²) < 4.78 is 38.6. The average molecular weight is 264 g/mol.